The van der Waals surface area contributed by atoms with E-state index in [0.717, 1.165) is 0 Å². The van der Waals surface area contributed by atoms with Crippen molar-refractivity contribution in [3.05, 3.63) is 67.9 Å². The van der Waals surface area contributed by atoms with Crippen LogP contribution >= 0.6 is 39.1 Å². The SMILES string of the molecule is OC(c1ccc(F)c(Br)c1)c1cccc(Cl)c1Cl. The Hall–Kier alpha value is -0.610. The van der Waals surface area contributed by atoms with E-state index in [4.69, 9.17) is 23.2 Å². The lowest BCUT2D eigenvalue weighted by atomic mass is 10.0. The van der Waals surface area contributed by atoms with Crippen LogP contribution in [0.25, 0.3) is 0 Å². The molecule has 2 rings (SSSR count). The van der Waals surface area contributed by atoms with Crippen LogP contribution in [0.4, 0.5) is 4.39 Å². The lowest BCUT2D eigenvalue weighted by Gasteiger charge is -2.14. The lowest BCUT2D eigenvalue weighted by Crippen LogP contribution is -2.01. The van der Waals surface area contributed by atoms with Crippen molar-refractivity contribution in [2.75, 3.05) is 0 Å². The number of rotatable bonds is 2. The van der Waals surface area contributed by atoms with Crippen molar-refractivity contribution in [2.45, 2.75) is 6.10 Å². The first-order valence-electron chi connectivity index (χ1n) is 5.07. The summed E-state index contributed by atoms with van der Waals surface area (Å²) < 4.78 is 13.4. The van der Waals surface area contributed by atoms with Gasteiger partial charge in [0.15, 0.2) is 0 Å². The van der Waals surface area contributed by atoms with E-state index in [-0.39, 0.29) is 10.3 Å². The predicted molar refractivity (Wildman–Crippen MR) is 74.6 cm³/mol. The molecule has 0 saturated heterocycles. The summed E-state index contributed by atoms with van der Waals surface area (Å²) in [4.78, 5) is 0. The van der Waals surface area contributed by atoms with Gasteiger partial charge in [-0.05, 0) is 39.7 Å². The minimum Gasteiger partial charge on any atom is -0.384 e. The number of hydrogen-bond acceptors (Lipinski definition) is 1. The van der Waals surface area contributed by atoms with E-state index < -0.39 is 6.10 Å². The fourth-order valence-electron chi connectivity index (χ4n) is 1.59. The molecule has 0 amide bonds. The number of halogens is 4. The summed E-state index contributed by atoms with van der Waals surface area (Å²) >= 11 is 15.0. The second kappa shape index (κ2) is 5.57. The maximum Gasteiger partial charge on any atom is 0.137 e. The van der Waals surface area contributed by atoms with Crippen molar-refractivity contribution in [1.29, 1.82) is 0 Å². The largest absolute Gasteiger partial charge is 0.384 e. The third-order valence-corrected chi connectivity index (χ3v) is 3.98. The highest BCUT2D eigenvalue weighted by Gasteiger charge is 2.16. The van der Waals surface area contributed by atoms with E-state index in [1.54, 1.807) is 18.2 Å². The van der Waals surface area contributed by atoms with Gasteiger partial charge in [-0.3, -0.25) is 0 Å². The lowest BCUT2D eigenvalue weighted by molar-refractivity contribution is 0.220. The Kier molecular flexibility index (Phi) is 4.28. The molecular formula is C13H8BrCl2FO. The quantitative estimate of drug-likeness (QED) is 0.810. The monoisotopic (exact) mass is 348 g/mol. The summed E-state index contributed by atoms with van der Waals surface area (Å²) in [5.74, 6) is -0.386. The van der Waals surface area contributed by atoms with Crippen LogP contribution < -0.4 is 0 Å². The molecule has 18 heavy (non-hydrogen) atoms. The molecule has 0 spiro atoms. The fourth-order valence-corrected chi connectivity index (χ4v) is 2.40. The highest BCUT2D eigenvalue weighted by molar-refractivity contribution is 9.10. The molecule has 1 atom stereocenters. The van der Waals surface area contributed by atoms with E-state index in [9.17, 15) is 9.50 Å². The van der Waals surface area contributed by atoms with Gasteiger partial charge in [-0.15, -0.1) is 0 Å². The van der Waals surface area contributed by atoms with Gasteiger partial charge in [-0.25, -0.2) is 4.39 Å². The zero-order valence-electron chi connectivity index (χ0n) is 9.00. The van der Waals surface area contributed by atoms with Gasteiger partial charge in [0.05, 0.1) is 14.5 Å². The predicted octanol–water partition coefficient (Wildman–Crippen LogP) is 4.98. The molecule has 1 unspecified atom stereocenters. The first kappa shape index (κ1) is 13.8. The standard InChI is InChI=1S/C13H8BrCl2FO/c14-9-6-7(4-5-11(9)17)13(18)8-2-1-3-10(15)12(8)16/h1-6,13,18H. The molecule has 0 saturated carbocycles. The molecule has 0 aliphatic heterocycles. The molecule has 2 aromatic rings. The Bertz CT molecular complexity index is 589. The van der Waals surface area contributed by atoms with Gasteiger partial charge >= 0.3 is 0 Å². The smallest absolute Gasteiger partial charge is 0.137 e. The van der Waals surface area contributed by atoms with Crippen molar-refractivity contribution >= 4 is 39.1 Å². The summed E-state index contributed by atoms with van der Waals surface area (Å²) in [6.07, 6.45) is -0.951. The van der Waals surface area contributed by atoms with Crippen molar-refractivity contribution in [3.8, 4) is 0 Å². The van der Waals surface area contributed by atoms with Crippen LogP contribution in [-0.2, 0) is 0 Å². The molecule has 0 fully saturated rings. The normalized spacial score (nSPS) is 12.5. The van der Waals surface area contributed by atoms with Gasteiger partial charge in [0.2, 0.25) is 0 Å². The number of hydrogen-bond donors (Lipinski definition) is 1. The Labute approximate surface area is 122 Å². The third kappa shape index (κ3) is 2.69. The minimum atomic E-state index is -0.951. The van der Waals surface area contributed by atoms with Crippen molar-refractivity contribution < 1.29 is 9.50 Å². The average molecular weight is 350 g/mol. The molecule has 0 radical (unpaired) electrons. The maximum atomic E-state index is 13.1. The first-order valence-corrected chi connectivity index (χ1v) is 6.62. The minimum absolute atomic E-state index is 0.289. The number of aliphatic hydroxyl groups is 1. The molecule has 1 N–H and O–H groups in total. The second-order valence-corrected chi connectivity index (χ2v) is 5.36. The van der Waals surface area contributed by atoms with Crippen LogP contribution in [-0.4, -0.2) is 5.11 Å². The van der Waals surface area contributed by atoms with Crippen molar-refractivity contribution in [1.82, 2.24) is 0 Å². The number of benzene rings is 2. The van der Waals surface area contributed by atoms with Crippen LogP contribution in [0, 0.1) is 5.82 Å². The van der Waals surface area contributed by atoms with Gasteiger partial charge in [0.25, 0.3) is 0 Å². The number of aliphatic hydroxyl groups excluding tert-OH is 1. The molecule has 0 heterocycles. The molecule has 1 nitrogen and oxygen atoms in total. The first-order chi connectivity index (χ1) is 8.50. The molecule has 0 aliphatic rings. The topological polar surface area (TPSA) is 20.2 Å². The summed E-state index contributed by atoms with van der Waals surface area (Å²) in [6, 6.07) is 9.31. The average Bonchev–Trinajstić information content (AvgIpc) is 2.35. The van der Waals surface area contributed by atoms with E-state index in [0.29, 0.717) is 21.2 Å². The van der Waals surface area contributed by atoms with E-state index in [1.165, 1.54) is 18.2 Å². The summed E-state index contributed by atoms with van der Waals surface area (Å²) in [5.41, 5.74) is 1.02. The summed E-state index contributed by atoms with van der Waals surface area (Å²) in [6.45, 7) is 0. The van der Waals surface area contributed by atoms with Crippen LogP contribution in [0.3, 0.4) is 0 Å². The highest BCUT2D eigenvalue weighted by atomic mass is 79.9. The molecular weight excluding hydrogens is 342 g/mol. The van der Waals surface area contributed by atoms with Gasteiger partial charge in [0, 0.05) is 5.56 Å². The Balaban J connectivity index is 2.44. The molecule has 5 heteroatoms. The van der Waals surface area contributed by atoms with Crippen molar-refractivity contribution in [2.24, 2.45) is 0 Å². The van der Waals surface area contributed by atoms with E-state index in [1.807, 2.05) is 0 Å². The van der Waals surface area contributed by atoms with Crippen molar-refractivity contribution in [3.63, 3.8) is 0 Å². The van der Waals surface area contributed by atoms with Crippen LogP contribution in [0.15, 0.2) is 40.9 Å². The molecule has 0 bridgehead atoms. The van der Waals surface area contributed by atoms with Crippen LogP contribution in [0.1, 0.15) is 17.2 Å². The maximum absolute atomic E-state index is 13.1. The molecule has 0 aliphatic carbocycles. The third-order valence-electron chi connectivity index (χ3n) is 2.54. The second-order valence-electron chi connectivity index (χ2n) is 3.72. The summed E-state index contributed by atoms with van der Waals surface area (Å²) in [5, 5.41) is 10.9. The van der Waals surface area contributed by atoms with Gasteiger partial charge < -0.3 is 5.11 Å². The van der Waals surface area contributed by atoms with Gasteiger partial charge in [0.1, 0.15) is 11.9 Å². The fraction of sp³-hybridized carbons (Fsp3) is 0.0769. The zero-order chi connectivity index (χ0) is 13.3. The highest BCUT2D eigenvalue weighted by Crippen LogP contribution is 2.34. The molecule has 94 valence electrons. The van der Waals surface area contributed by atoms with Gasteiger partial charge in [-0.2, -0.15) is 0 Å². The molecule has 0 aromatic heterocycles. The Morgan fingerprint density at radius 3 is 2.56 bits per heavy atom. The Morgan fingerprint density at radius 2 is 1.89 bits per heavy atom. The Morgan fingerprint density at radius 1 is 1.17 bits per heavy atom. The van der Waals surface area contributed by atoms with Gasteiger partial charge in [-0.1, -0.05) is 41.4 Å². The van der Waals surface area contributed by atoms with E-state index in [2.05, 4.69) is 15.9 Å². The van der Waals surface area contributed by atoms with E-state index >= 15 is 0 Å². The molecule has 2 aromatic carbocycles. The van der Waals surface area contributed by atoms with Crippen LogP contribution in [0.5, 0.6) is 0 Å². The zero-order valence-corrected chi connectivity index (χ0v) is 12.1. The summed E-state index contributed by atoms with van der Waals surface area (Å²) in [7, 11) is 0. The van der Waals surface area contributed by atoms with Crippen LogP contribution in [0.2, 0.25) is 10.0 Å².